The van der Waals surface area contributed by atoms with Crippen molar-refractivity contribution in [3.05, 3.63) is 63.6 Å². The van der Waals surface area contributed by atoms with Gasteiger partial charge in [-0.3, -0.25) is 13.9 Å². The molecule has 0 fully saturated rings. The molecule has 1 unspecified atom stereocenters. The molecule has 10 heteroatoms. The minimum Gasteiger partial charge on any atom is -0.352 e. The smallest absolute Gasteiger partial charge is 0.244 e. The van der Waals surface area contributed by atoms with Crippen molar-refractivity contribution in [3.63, 3.8) is 0 Å². The highest BCUT2D eigenvalue weighted by molar-refractivity contribution is 7.92. The molecule has 1 N–H and O–H groups in total. The molecule has 0 radical (unpaired) electrons. The molecule has 0 aliphatic heterocycles. The van der Waals surface area contributed by atoms with Gasteiger partial charge < -0.3 is 10.2 Å². The number of anilines is 1. The van der Waals surface area contributed by atoms with Crippen molar-refractivity contribution in [1.29, 1.82) is 0 Å². The fourth-order valence-electron chi connectivity index (χ4n) is 3.57. The van der Waals surface area contributed by atoms with Crippen molar-refractivity contribution in [2.75, 3.05) is 17.1 Å². The zero-order chi connectivity index (χ0) is 25.6. The standard InChI is InChI=1S/C24H31Cl2N3O4S/c1-6-21(24(31)27-16(2)3)28(14-18-11-12-19(25)20(26)13-18)23(30)15-29(34(5,32)33)22-10-8-7-9-17(22)4/h7-13,16,21H,6,14-15H2,1-5H3,(H,27,31). The van der Waals surface area contributed by atoms with Crippen molar-refractivity contribution in [1.82, 2.24) is 10.2 Å². The minimum absolute atomic E-state index is 0.0606. The number of amides is 2. The first-order chi connectivity index (χ1) is 15.8. The molecule has 1 atom stereocenters. The maximum atomic E-state index is 13.6. The molecule has 0 aliphatic rings. The molecule has 186 valence electrons. The lowest BCUT2D eigenvalue weighted by molar-refractivity contribution is -0.140. The summed E-state index contributed by atoms with van der Waals surface area (Å²) in [5.41, 5.74) is 1.79. The van der Waals surface area contributed by atoms with Gasteiger partial charge in [0, 0.05) is 12.6 Å². The van der Waals surface area contributed by atoms with Crippen LogP contribution >= 0.6 is 23.2 Å². The van der Waals surface area contributed by atoms with Crippen molar-refractivity contribution in [3.8, 4) is 0 Å². The number of sulfonamides is 1. The molecule has 0 saturated carbocycles. The van der Waals surface area contributed by atoms with Crippen molar-refractivity contribution in [2.45, 2.75) is 52.7 Å². The van der Waals surface area contributed by atoms with Gasteiger partial charge in [0.05, 0.1) is 22.0 Å². The quantitative estimate of drug-likeness (QED) is 0.495. The van der Waals surface area contributed by atoms with Crippen molar-refractivity contribution >= 4 is 50.7 Å². The van der Waals surface area contributed by atoms with Crippen LogP contribution in [0.2, 0.25) is 10.0 Å². The second kappa shape index (κ2) is 11.9. The molecular formula is C24H31Cl2N3O4S. The summed E-state index contributed by atoms with van der Waals surface area (Å²) in [6, 6.07) is 11.0. The second-order valence-corrected chi connectivity index (χ2v) is 11.1. The molecule has 0 spiro atoms. The summed E-state index contributed by atoms with van der Waals surface area (Å²) in [7, 11) is -3.78. The molecule has 7 nitrogen and oxygen atoms in total. The number of nitrogens with zero attached hydrogens (tertiary/aromatic N) is 2. The van der Waals surface area contributed by atoms with E-state index in [2.05, 4.69) is 5.32 Å². The Bertz CT molecular complexity index is 1140. The number of carbonyl (C=O) groups is 2. The normalized spacial score (nSPS) is 12.4. The van der Waals surface area contributed by atoms with Gasteiger partial charge in [-0.2, -0.15) is 0 Å². The van der Waals surface area contributed by atoms with Gasteiger partial charge in [0.2, 0.25) is 21.8 Å². The highest BCUT2D eigenvalue weighted by atomic mass is 35.5. The van der Waals surface area contributed by atoms with E-state index in [4.69, 9.17) is 23.2 Å². The molecule has 2 aromatic carbocycles. The van der Waals surface area contributed by atoms with Gasteiger partial charge in [0.15, 0.2) is 0 Å². The number of carbonyl (C=O) groups excluding carboxylic acids is 2. The van der Waals surface area contributed by atoms with E-state index < -0.39 is 28.5 Å². The lowest BCUT2D eigenvalue weighted by atomic mass is 10.1. The van der Waals surface area contributed by atoms with E-state index in [0.717, 1.165) is 10.6 Å². The van der Waals surface area contributed by atoms with Gasteiger partial charge in [0.1, 0.15) is 12.6 Å². The molecule has 0 saturated heterocycles. The molecule has 2 amide bonds. The lowest BCUT2D eigenvalue weighted by Gasteiger charge is -2.33. The van der Waals surface area contributed by atoms with E-state index in [-0.39, 0.29) is 18.5 Å². The van der Waals surface area contributed by atoms with Crippen molar-refractivity contribution < 1.29 is 18.0 Å². The Hall–Kier alpha value is -2.29. The number of aryl methyl sites for hydroxylation is 1. The van der Waals surface area contributed by atoms with Crippen molar-refractivity contribution in [2.24, 2.45) is 0 Å². The van der Waals surface area contributed by atoms with Gasteiger partial charge in [-0.25, -0.2) is 8.42 Å². The van der Waals surface area contributed by atoms with Crippen LogP contribution in [-0.2, 0) is 26.2 Å². The van der Waals surface area contributed by atoms with Gasteiger partial charge >= 0.3 is 0 Å². The Kier molecular flexibility index (Phi) is 9.79. The van der Waals surface area contributed by atoms with Crippen LogP contribution in [0, 0.1) is 6.92 Å². The third-order valence-corrected chi connectivity index (χ3v) is 7.08. The molecular weight excluding hydrogens is 497 g/mol. The Balaban J connectivity index is 2.48. The molecule has 2 rings (SSSR count). The predicted molar refractivity (Wildman–Crippen MR) is 138 cm³/mol. The van der Waals surface area contributed by atoms with Crippen LogP contribution in [0.3, 0.4) is 0 Å². The Morgan fingerprint density at radius 3 is 2.24 bits per heavy atom. The number of hydrogen-bond donors (Lipinski definition) is 1. The van der Waals surface area contributed by atoms with Crippen LogP contribution in [0.15, 0.2) is 42.5 Å². The van der Waals surface area contributed by atoms with Crippen LogP contribution in [-0.4, -0.2) is 50.0 Å². The van der Waals surface area contributed by atoms with Gasteiger partial charge in [-0.15, -0.1) is 0 Å². The molecule has 0 aliphatic carbocycles. The molecule has 0 bridgehead atoms. The Labute approximate surface area is 212 Å². The number of nitrogens with one attached hydrogen (secondary N) is 1. The molecule has 0 heterocycles. The number of halogens is 2. The fraction of sp³-hybridized carbons (Fsp3) is 0.417. The first-order valence-corrected chi connectivity index (χ1v) is 13.5. The summed E-state index contributed by atoms with van der Waals surface area (Å²) in [4.78, 5) is 28.0. The van der Waals surface area contributed by atoms with E-state index in [0.29, 0.717) is 33.3 Å². The zero-order valence-electron chi connectivity index (χ0n) is 20.0. The topological polar surface area (TPSA) is 86.8 Å². The highest BCUT2D eigenvalue weighted by Gasteiger charge is 2.32. The summed E-state index contributed by atoms with van der Waals surface area (Å²) >= 11 is 12.2. The number of rotatable bonds is 10. The second-order valence-electron chi connectivity index (χ2n) is 8.41. The number of para-hydroxylation sites is 1. The third-order valence-electron chi connectivity index (χ3n) is 5.22. The maximum absolute atomic E-state index is 13.6. The first kappa shape index (κ1) is 28.0. The van der Waals surface area contributed by atoms with Gasteiger partial charge in [-0.1, -0.05) is 54.4 Å². The third kappa shape index (κ3) is 7.35. The van der Waals surface area contributed by atoms with Crippen LogP contribution in [0.4, 0.5) is 5.69 Å². The van der Waals surface area contributed by atoms with E-state index in [9.17, 15) is 18.0 Å². The highest BCUT2D eigenvalue weighted by Crippen LogP contribution is 2.25. The first-order valence-electron chi connectivity index (χ1n) is 10.9. The number of benzene rings is 2. The van der Waals surface area contributed by atoms with E-state index in [1.165, 1.54) is 4.90 Å². The largest absolute Gasteiger partial charge is 0.352 e. The summed E-state index contributed by atoms with van der Waals surface area (Å²) in [6.07, 6.45) is 1.40. The zero-order valence-corrected chi connectivity index (χ0v) is 22.3. The Morgan fingerprint density at radius 2 is 1.71 bits per heavy atom. The lowest BCUT2D eigenvalue weighted by Crippen LogP contribution is -2.53. The van der Waals surface area contributed by atoms with Crippen LogP contribution in [0.25, 0.3) is 0 Å². The maximum Gasteiger partial charge on any atom is 0.244 e. The average molecular weight is 529 g/mol. The van der Waals surface area contributed by atoms with Crippen LogP contribution < -0.4 is 9.62 Å². The molecule has 0 aromatic heterocycles. The Morgan fingerprint density at radius 1 is 1.06 bits per heavy atom. The van der Waals surface area contributed by atoms with E-state index in [1.807, 2.05) is 13.8 Å². The van der Waals surface area contributed by atoms with E-state index >= 15 is 0 Å². The van der Waals surface area contributed by atoms with Gasteiger partial charge in [-0.05, 0) is 56.5 Å². The minimum atomic E-state index is -3.78. The predicted octanol–water partition coefficient (Wildman–Crippen LogP) is 4.40. The fourth-order valence-corrected chi connectivity index (χ4v) is 4.80. The summed E-state index contributed by atoms with van der Waals surface area (Å²) in [5.74, 6) is -0.821. The average Bonchev–Trinajstić information content (AvgIpc) is 2.73. The van der Waals surface area contributed by atoms with Crippen LogP contribution in [0.5, 0.6) is 0 Å². The summed E-state index contributed by atoms with van der Waals surface area (Å²) in [5, 5.41) is 3.54. The van der Waals surface area contributed by atoms with Gasteiger partial charge in [0.25, 0.3) is 0 Å². The molecule has 2 aromatic rings. The number of hydrogen-bond acceptors (Lipinski definition) is 4. The van der Waals surface area contributed by atoms with Crippen LogP contribution in [0.1, 0.15) is 38.3 Å². The van der Waals surface area contributed by atoms with E-state index in [1.54, 1.807) is 56.3 Å². The SMILES string of the molecule is CCC(C(=O)NC(C)C)N(Cc1ccc(Cl)c(Cl)c1)C(=O)CN(c1ccccc1C)S(C)(=O)=O. The summed E-state index contributed by atoms with van der Waals surface area (Å²) < 4.78 is 26.4. The monoisotopic (exact) mass is 527 g/mol. The summed E-state index contributed by atoms with van der Waals surface area (Å²) in [6.45, 7) is 6.85. The molecule has 34 heavy (non-hydrogen) atoms.